The van der Waals surface area contributed by atoms with Crippen LogP contribution >= 0.6 is 11.8 Å². The van der Waals surface area contributed by atoms with Crippen LogP contribution in [0.15, 0.2) is 18.2 Å². The molecule has 1 unspecified atom stereocenters. The number of nitrogens with one attached hydrogen (secondary N) is 1. The first-order valence-corrected chi connectivity index (χ1v) is 9.01. The smallest absolute Gasteiger partial charge is 0.255 e. The molecule has 1 atom stereocenters. The molecule has 0 bridgehead atoms. The van der Waals surface area contributed by atoms with Gasteiger partial charge in [0.25, 0.3) is 5.91 Å². The molecule has 1 aromatic rings. The molecule has 1 aliphatic rings. The molecule has 1 fully saturated rings. The number of hydrogen-bond acceptors (Lipinski definition) is 5. The Morgan fingerprint density at radius 2 is 1.88 bits per heavy atom. The number of hydrogen-bond donors (Lipinski definition) is 1. The lowest BCUT2D eigenvalue weighted by Gasteiger charge is -2.24. The number of amides is 2. The van der Waals surface area contributed by atoms with E-state index in [-0.39, 0.29) is 11.8 Å². The van der Waals surface area contributed by atoms with Gasteiger partial charge in [0, 0.05) is 23.9 Å². The van der Waals surface area contributed by atoms with E-state index in [4.69, 9.17) is 9.47 Å². The second-order valence-electron chi connectivity index (χ2n) is 6.03. The molecule has 2 rings (SSSR count). The molecule has 2 amide bonds. The molecule has 24 heavy (non-hydrogen) atoms. The first-order valence-electron chi connectivity index (χ1n) is 7.85. The highest BCUT2D eigenvalue weighted by atomic mass is 32.2. The minimum Gasteiger partial charge on any atom is -0.497 e. The predicted molar refractivity (Wildman–Crippen MR) is 94.7 cm³/mol. The van der Waals surface area contributed by atoms with E-state index in [1.807, 2.05) is 13.8 Å². The van der Waals surface area contributed by atoms with Crippen LogP contribution in [0, 0.1) is 5.92 Å². The summed E-state index contributed by atoms with van der Waals surface area (Å²) >= 11 is 1.58. The van der Waals surface area contributed by atoms with Gasteiger partial charge in [0.2, 0.25) is 5.91 Å². The van der Waals surface area contributed by atoms with Crippen molar-refractivity contribution in [3.05, 3.63) is 23.8 Å². The van der Waals surface area contributed by atoms with E-state index in [1.165, 1.54) is 14.2 Å². The quantitative estimate of drug-likeness (QED) is 0.848. The van der Waals surface area contributed by atoms with Crippen LogP contribution in [-0.4, -0.2) is 55.2 Å². The minimum atomic E-state index is -0.446. The van der Waals surface area contributed by atoms with Crippen LogP contribution in [0.3, 0.4) is 0 Å². The van der Waals surface area contributed by atoms with Crippen LogP contribution in [0.25, 0.3) is 0 Å². The third kappa shape index (κ3) is 4.35. The highest BCUT2D eigenvalue weighted by molar-refractivity contribution is 7.99. The molecule has 0 saturated carbocycles. The Bertz CT molecular complexity index is 584. The summed E-state index contributed by atoms with van der Waals surface area (Å²) in [7, 11) is 3.08. The van der Waals surface area contributed by atoms with Crippen molar-refractivity contribution >= 4 is 23.6 Å². The lowest BCUT2D eigenvalue weighted by Crippen LogP contribution is -2.47. The molecule has 1 N–H and O–H groups in total. The second kappa shape index (κ2) is 8.28. The molecule has 0 aromatic heterocycles. The Hall–Kier alpha value is -1.89. The summed E-state index contributed by atoms with van der Waals surface area (Å²) in [6.45, 7) is 4.68. The van der Waals surface area contributed by atoms with E-state index >= 15 is 0 Å². The summed E-state index contributed by atoms with van der Waals surface area (Å²) < 4.78 is 10.4. The van der Waals surface area contributed by atoms with Gasteiger partial charge in [-0.1, -0.05) is 13.8 Å². The summed E-state index contributed by atoms with van der Waals surface area (Å²) in [6, 6.07) is 4.59. The lowest BCUT2D eigenvalue weighted by atomic mass is 10.1. The molecule has 6 nitrogen and oxygen atoms in total. The van der Waals surface area contributed by atoms with Crippen molar-refractivity contribution in [2.75, 3.05) is 32.4 Å². The summed E-state index contributed by atoms with van der Waals surface area (Å²) in [6.07, 6.45) is 0. The lowest BCUT2D eigenvalue weighted by molar-refractivity contribution is -0.124. The van der Waals surface area contributed by atoms with Crippen molar-refractivity contribution in [1.82, 2.24) is 10.2 Å². The Labute approximate surface area is 146 Å². The Morgan fingerprint density at radius 1 is 1.25 bits per heavy atom. The fourth-order valence-electron chi connectivity index (χ4n) is 2.38. The van der Waals surface area contributed by atoms with Crippen molar-refractivity contribution in [2.45, 2.75) is 19.9 Å². The average Bonchev–Trinajstić information content (AvgIpc) is 3.08. The maximum atomic E-state index is 12.9. The number of methoxy groups -OCH3 is 2. The molecule has 0 aliphatic carbocycles. The largest absolute Gasteiger partial charge is 0.497 e. The first kappa shape index (κ1) is 18.4. The summed E-state index contributed by atoms with van der Waals surface area (Å²) in [5.74, 6) is 2.28. The fourth-order valence-corrected chi connectivity index (χ4v) is 3.53. The molecular formula is C17H24N2O4S. The van der Waals surface area contributed by atoms with Gasteiger partial charge < -0.3 is 19.7 Å². The Balaban J connectivity index is 2.17. The fraction of sp³-hybridized carbons (Fsp3) is 0.529. The molecule has 132 valence electrons. The van der Waals surface area contributed by atoms with Gasteiger partial charge >= 0.3 is 0 Å². The first-order chi connectivity index (χ1) is 11.5. The van der Waals surface area contributed by atoms with E-state index < -0.39 is 6.04 Å². The van der Waals surface area contributed by atoms with E-state index in [0.717, 1.165) is 0 Å². The highest BCUT2D eigenvalue weighted by Gasteiger charge is 2.35. The van der Waals surface area contributed by atoms with E-state index in [0.29, 0.717) is 41.2 Å². The van der Waals surface area contributed by atoms with Crippen LogP contribution in [0.2, 0.25) is 0 Å². The summed E-state index contributed by atoms with van der Waals surface area (Å²) in [5.41, 5.74) is 0.454. The average molecular weight is 352 g/mol. The van der Waals surface area contributed by atoms with Gasteiger partial charge in [-0.25, -0.2) is 0 Å². The Morgan fingerprint density at radius 3 is 2.42 bits per heavy atom. The van der Waals surface area contributed by atoms with E-state index in [9.17, 15) is 9.59 Å². The van der Waals surface area contributed by atoms with E-state index in [2.05, 4.69) is 5.32 Å². The van der Waals surface area contributed by atoms with Gasteiger partial charge in [-0.15, -0.1) is 11.8 Å². The van der Waals surface area contributed by atoms with Gasteiger partial charge in [0.05, 0.1) is 20.1 Å². The third-order valence-corrected chi connectivity index (χ3v) is 4.74. The molecule has 0 radical (unpaired) electrons. The number of benzene rings is 1. The van der Waals surface area contributed by atoms with E-state index in [1.54, 1.807) is 34.9 Å². The molecule has 1 aromatic carbocycles. The number of nitrogens with zero attached hydrogens (tertiary/aromatic N) is 1. The van der Waals surface area contributed by atoms with Crippen molar-refractivity contribution in [1.29, 1.82) is 0 Å². The summed E-state index contributed by atoms with van der Waals surface area (Å²) in [5, 5.41) is 2.91. The predicted octanol–water partition coefficient (Wildman–Crippen LogP) is 1.99. The minimum absolute atomic E-state index is 0.100. The van der Waals surface area contributed by atoms with Crippen LogP contribution in [0.5, 0.6) is 11.5 Å². The zero-order valence-electron chi connectivity index (χ0n) is 14.5. The number of ether oxygens (including phenoxy) is 2. The molecule has 7 heteroatoms. The van der Waals surface area contributed by atoms with Crippen LogP contribution in [0.4, 0.5) is 0 Å². The van der Waals surface area contributed by atoms with Crippen molar-refractivity contribution in [3.8, 4) is 11.5 Å². The number of carbonyl (C=O) groups is 2. The topological polar surface area (TPSA) is 67.9 Å². The van der Waals surface area contributed by atoms with Crippen LogP contribution in [-0.2, 0) is 4.79 Å². The van der Waals surface area contributed by atoms with Gasteiger partial charge in [-0.2, -0.15) is 0 Å². The highest BCUT2D eigenvalue weighted by Crippen LogP contribution is 2.27. The monoisotopic (exact) mass is 352 g/mol. The van der Waals surface area contributed by atoms with Crippen molar-refractivity contribution in [3.63, 3.8) is 0 Å². The normalized spacial score (nSPS) is 17.0. The molecule has 1 aliphatic heterocycles. The third-order valence-electron chi connectivity index (χ3n) is 3.73. The molecule has 0 spiro atoms. The zero-order valence-corrected chi connectivity index (χ0v) is 15.3. The zero-order chi connectivity index (χ0) is 17.7. The standard InChI is InChI=1S/C17H24N2O4S/c1-11(2)8-18-16(20)15-9-24-10-19(15)17(21)12-5-13(22-3)7-14(6-12)23-4/h5-7,11,15H,8-10H2,1-4H3,(H,18,20). The number of carbonyl (C=O) groups excluding carboxylic acids is 2. The van der Waals surface area contributed by atoms with Gasteiger partial charge in [0.15, 0.2) is 0 Å². The Kier molecular flexibility index (Phi) is 6.36. The second-order valence-corrected chi connectivity index (χ2v) is 7.03. The number of rotatable bonds is 6. The van der Waals surface area contributed by atoms with Crippen LogP contribution in [0.1, 0.15) is 24.2 Å². The van der Waals surface area contributed by atoms with Crippen molar-refractivity contribution < 1.29 is 19.1 Å². The van der Waals surface area contributed by atoms with Gasteiger partial charge in [-0.05, 0) is 18.1 Å². The van der Waals surface area contributed by atoms with Gasteiger partial charge in [-0.3, -0.25) is 9.59 Å². The summed E-state index contributed by atoms with van der Waals surface area (Å²) in [4.78, 5) is 26.8. The van der Waals surface area contributed by atoms with Crippen molar-refractivity contribution in [2.24, 2.45) is 5.92 Å². The maximum absolute atomic E-state index is 12.9. The number of thioether (sulfide) groups is 1. The SMILES string of the molecule is COc1cc(OC)cc(C(=O)N2CSCC2C(=O)NCC(C)C)c1. The molecule has 1 saturated heterocycles. The van der Waals surface area contributed by atoms with Crippen LogP contribution < -0.4 is 14.8 Å². The maximum Gasteiger partial charge on any atom is 0.255 e. The molecular weight excluding hydrogens is 328 g/mol. The molecule has 1 heterocycles. The van der Waals surface area contributed by atoms with Gasteiger partial charge in [0.1, 0.15) is 17.5 Å².